The lowest BCUT2D eigenvalue weighted by molar-refractivity contribution is 0.321. The van der Waals surface area contributed by atoms with Crippen molar-refractivity contribution < 1.29 is 9.47 Å². The Labute approximate surface area is 128 Å². The summed E-state index contributed by atoms with van der Waals surface area (Å²) in [5, 5.41) is 3.65. The molecule has 1 fully saturated rings. The second-order valence-corrected chi connectivity index (χ2v) is 5.56. The van der Waals surface area contributed by atoms with Crippen molar-refractivity contribution in [2.24, 2.45) is 11.7 Å². The van der Waals surface area contributed by atoms with Crippen LogP contribution in [0, 0.1) is 5.92 Å². The number of nitrogens with two attached hydrogens (primary N) is 1. The molecule has 0 spiro atoms. The van der Waals surface area contributed by atoms with Crippen molar-refractivity contribution in [3.63, 3.8) is 0 Å². The number of anilines is 1. The van der Waals surface area contributed by atoms with E-state index in [4.69, 9.17) is 15.2 Å². The molecule has 0 saturated heterocycles. The summed E-state index contributed by atoms with van der Waals surface area (Å²) in [6, 6.07) is 6.41. The van der Waals surface area contributed by atoms with Crippen molar-refractivity contribution in [3.05, 3.63) is 18.2 Å². The van der Waals surface area contributed by atoms with Gasteiger partial charge in [-0.2, -0.15) is 0 Å². The van der Waals surface area contributed by atoms with Crippen LogP contribution in [-0.2, 0) is 0 Å². The second kappa shape index (κ2) is 8.13. The summed E-state index contributed by atoms with van der Waals surface area (Å²) in [7, 11) is 0. The van der Waals surface area contributed by atoms with Crippen LogP contribution in [0.2, 0.25) is 0 Å². The number of ether oxygens (including phenoxy) is 2. The van der Waals surface area contributed by atoms with Gasteiger partial charge in [-0.3, -0.25) is 0 Å². The van der Waals surface area contributed by atoms with E-state index in [-0.39, 0.29) is 0 Å². The molecule has 4 nitrogen and oxygen atoms in total. The fourth-order valence-electron chi connectivity index (χ4n) is 3.04. The van der Waals surface area contributed by atoms with Gasteiger partial charge in [-0.1, -0.05) is 12.8 Å². The molecular formula is C17H28N2O2. The SMILES string of the molecule is CCOc1ccc(OCC)c(NC2CCCCC2CN)c1. The zero-order valence-electron chi connectivity index (χ0n) is 13.2. The van der Waals surface area contributed by atoms with Crippen LogP contribution in [0.15, 0.2) is 18.2 Å². The average molecular weight is 292 g/mol. The molecule has 0 amide bonds. The van der Waals surface area contributed by atoms with Crippen LogP contribution in [-0.4, -0.2) is 25.8 Å². The molecule has 0 bridgehead atoms. The van der Waals surface area contributed by atoms with Crippen molar-refractivity contribution in [2.45, 2.75) is 45.6 Å². The van der Waals surface area contributed by atoms with Crippen LogP contribution in [0.3, 0.4) is 0 Å². The van der Waals surface area contributed by atoms with Gasteiger partial charge in [-0.15, -0.1) is 0 Å². The Morgan fingerprint density at radius 2 is 1.90 bits per heavy atom. The van der Waals surface area contributed by atoms with E-state index in [2.05, 4.69) is 5.32 Å². The van der Waals surface area contributed by atoms with E-state index in [1.165, 1.54) is 25.7 Å². The highest BCUT2D eigenvalue weighted by atomic mass is 16.5. The lowest BCUT2D eigenvalue weighted by atomic mass is 9.84. The zero-order valence-corrected chi connectivity index (χ0v) is 13.2. The van der Waals surface area contributed by atoms with Gasteiger partial charge < -0.3 is 20.5 Å². The van der Waals surface area contributed by atoms with E-state index in [0.29, 0.717) is 25.2 Å². The van der Waals surface area contributed by atoms with Gasteiger partial charge in [0.05, 0.1) is 18.9 Å². The fraction of sp³-hybridized carbons (Fsp3) is 0.647. The summed E-state index contributed by atoms with van der Waals surface area (Å²) in [4.78, 5) is 0. The number of nitrogens with one attached hydrogen (secondary N) is 1. The Morgan fingerprint density at radius 1 is 1.14 bits per heavy atom. The maximum absolute atomic E-state index is 5.93. The maximum atomic E-state index is 5.93. The third-order valence-electron chi connectivity index (χ3n) is 4.11. The van der Waals surface area contributed by atoms with Gasteiger partial charge in [-0.05, 0) is 51.3 Å². The first-order valence-corrected chi connectivity index (χ1v) is 8.14. The summed E-state index contributed by atoms with van der Waals surface area (Å²) < 4.78 is 11.3. The number of hydrogen-bond donors (Lipinski definition) is 2. The highest BCUT2D eigenvalue weighted by Crippen LogP contribution is 2.33. The van der Waals surface area contributed by atoms with Crippen LogP contribution >= 0.6 is 0 Å². The lowest BCUT2D eigenvalue weighted by Gasteiger charge is -2.32. The normalized spacial score (nSPS) is 21.9. The summed E-state index contributed by atoms with van der Waals surface area (Å²) >= 11 is 0. The molecule has 1 aromatic carbocycles. The van der Waals surface area contributed by atoms with E-state index in [0.717, 1.165) is 23.7 Å². The molecule has 1 saturated carbocycles. The monoisotopic (exact) mass is 292 g/mol. The smallest absolute Gasteiger partial charge is 0.142 e. The van der Waals surface area contributed by atoms with Gasteiger partial charge in [0.25, 0.3) is 0 Å². The van der Waals surface area contributed by atoms with Crippen molar-refractivity contribution >= 4 is 5.69 Å². The summed E-state index contributed by atoms with van der Waals surface area (Å²) in [6.45, 7) is 6.07. The number of rotatable bonds is 7. The Hall–Kier alpha value is -1.42. The van der Waals surface area contributed by atoms with E-state index >= 15 is 0 Å². The summed E-state index contributed by atoms with van der Waals surface area (Å²) in [5.41, 5.74) is 6.95. The van der Waals surface area contributed by atoms with Gasteiger partial charge >= 0.3 is 0 Å². The molecule has 21 heavy (non-hydrogen) atoms. The molecule has 2 rings (SSSR count). The van der Waals surface area contributed by atoms with Crippen LogP contribution in [0.4, 0.5) is 5.69 Å². The van der Waals surface area contributed by atoms with Gasteiger partial charge in [-0.25, -0.2) is 0 Å². The molecule has 1 aliphatic rings. The molecule has 0 radical (unpaired) electrons. The first-order valence-electron chi connectivity index (χ1n) is 8.14. The summed E-state index contributed by atoms with van der Waals surface area (Å²) in [6.07, 6.45) is 4.94. The highest BCUT2D eigenvalue weighted by Gasteiger charge is 2.24. The van der Waals surface area contributed by atoms with E-state index < -0.39 is 0 Å². The Morgan fingerprint density at radius 3 is 2.62 bits per heavy atom. The molecule has 4 heteroatoms. The molecule has 0 aliphatic heterocycles. The lowest BCUT2D eigenvalue weighted by Crippen LogP contribution is -2.36. The largest absolute Gasteiger partial charge is 0.494 e. The standard InChI is InChI=1S/C17H28N2O2/c1-3-20-14-9-10-17(21-4-2)16(11-14)19-15-8-6-5-7-13(15)12-18/h9-11,13,15,19H,3-8,12,18H2,1-2H3. The Balaban J connectivity index is 2.16. The minimum absolute atomic E-state index is 0.430. The molecule has 2 atom stereocenters. The van der Waals surface area contributed by atoms with Crippen LogP contribution in [0.5, 0.6) is 11.5 Å². The molecule has 1 aromatic rings. The van der Waals surface area contributed by atoms with E-state index in [9.17, 15) is 0 Å². The van der Waals surface area contributed by atoms with Crippen molar-refractivity contribution in [1.82, 2.24) is 0 Å². The van der Waals surface area contributed by atoms with Gasteiger partial charge in [0.2, 0.25) is 0 Å². The molecule has 0 heterocycles. The topological polar surface area (TPSA) is 56.5 Å². The van der Waals surface area contributed by atoms with Gasteiger partial charge in [0, 0.05) is 12.1 Å². The van der Waals surface area contributed by atoms with Gasteiger partial charge in [0.1, 0.15) is 11.5 Å². The first-order chi connectivity index (χ1) is 10.3. The number of benzene rings is 1. The minimum atomic E-state index is 0.430. The maximum Gasteiger partial charge on any atom is 0.142 e. The molecule has 2 unspecified atom stereocenters. The molecular weight excluding hydrogens is 264 g/mol. The van der Waals surface area contributed by atoms with Crippen molar-refractivity contribution in [1.29, 1.82) is 0 Å². The Bertz CT molecular complexity index is 437. The van der Waals surface area contributed by atoms with Crippen molar-refractivity contribution in [3.8, 4) is 11.5 Å². The molecule has 1 aliphatic carbocycles. The Kier molecular flexibility index (Phi) is 6.18. The van der Waals surface area contributed by atoms with E-state index in [1.54, 1.807) is 0 Å². The van der Waals surface area contributed by atoms with E-state index in [1.807, 2.05) is 32.0 Å². The molecule has 118 valence electrons. The first kappa shape index (κ1) is 16.0. The second-order valence-electron chi connectivity index (χ2n) is 5.56. The third kappa shape index (κ3) is 4.27. The quantitative estimate of drug-likeness (QED) is 0.808. The predicted molar refractivity (Wildman–Crippen MR) is 87.2 cm³/mol. The van der Waals surface area contributed by atoms with Crippen LogP contribution < -0.4 is 20.5 Å². The zero-order chi connectivity index (χ0) is 15.1. The van der Waals surface area contributed by atoms with Gasteiger partial charge in [0.15, 0.2) is 0 Å². The average Bonchev–Trinajstić information content (AvgIpc) is 2.51. The fourth-order valence-corrected chi connectivity index (χ4v) is 3.04. The van der Waals surface area contributed by atoms with Crippen LogP contribution in [0.1, 0.15) is 39.5 Å². The minimum Gasteiger partial charge on any atom is -0.494 e. The predicted octanol–water partition coefficient (Wildman–Crippen LogP) is 3.41. The highest BCUT2D eigenvalue weighted by molar-refractivity contribution is 5.60. The molecule has 0 aromatic heterocycles. The third-order valence-corrected chi connectivity index (χ3v) is 4.11. The molecule has 3 N–H and O–H groups in total. The number of hydrogen-bond acceptors (Lipinski definition) is 4. The van der Waals surface area contributed by atoms with Crippen molar-refractivity contribution in [2.75, 3.05) is 25.1 Å². The summed E-state index contributed by atoms with van der Waals surface area (Å²) in [5.74, 6) is 2.31. The van der Waals surface area contributed by atoms with Crippen LogP contribution in [0.25, 0.3) is 0 Å².